The van der Waals surface area contributed by atoms with Crippen molar-refractivity contribution >= 4 is 21.6 Å². The van der Waals surface area contributed by atoms with Crippen molar-refractivity contribution < 1.29 is 9.13 Å². The second kappa shape index (κ2) is 3.09. The minimum absolute atomic E-state index is 0.0295. The van der Waals surface area contributed by atoms with E-state index in [4.69, 9.17) is 10.5 Å². The quantitative estimate of drug-likeness (QED) is 0.736. The fourth-order valence-electron chi connectivity index (χ4n) is 0.727. The second-order valence-corrected chi connectivity index (χ2v) is 2.83. The SMILES string of the molecule is COc1ccc(Br)c(F)c1N. The fourth-order valence-corrected chi connectivity index (χ4v) is 1.07. The summed E-state index contributed by atoms with van der Waals surface area (Å²) < 4.78 is 18.1. The van der Waals surface area contributed by atoms with Crippen molar-refractivity contribution in [3.8, 4) is 5.75 Å². The molecule has 0 aliphatic rings. The molecule has 1 aromatic carbocycles. The molecule has 0 bridgehead atoms. The van der Waals surface area contributed by atoms with E-state index >= 15 is 0 Å². The lowest BCUT2D eigenvalue weighted by Gasteiger charge is -2.05. The number of nitrogen functional groups attached to an aromatic ring is 1. The smallest absolute Gasteiger partial charge is 0.164 e. The van der Waals surface area contributed by atoms with E-state index in [1.165, 1.54) is 7.11 Å². The number of methoxy groups -OCH3 is 1. The van der Waals surface area contributed by atoms with Crippen molar-refractivity contribution in [2.75, 3.05) is 12.8 Å². The van der Waals surface area contributed by atoms with Crippen LogP contribution in [0.15, 0.2) is 16.6 Å². The topological polar surface area (TPSA) is 35.2 Å². The minimum Gasteiger partial charge on any atom is -0.494 e. The Kier molecular flexibility index (Phi) is 2.34. The van der Waals surface area contributed by atoms with Gasteiger partial charge in [-0.25, -0.2) is 4.39 Å². The van der Waals surface area contributed by atoms with Crippen LogP contribution in [0.4, 0.5) is 10.1 Å². The lowest BCUT2D eigenvalue weighted by Crippen LogP contribution is -1.96. The predicted octanol–water partition coefficient (Wildman–Crippen LogP) is 2.18. The van der Waals surface area contributed by atoms with E-state index in [9.17, 15) is 4.39 Å². The van der Waals surface area contributed by atoms with Crippen LogP contribution in [0, 0.1) is 5.82 Å². The highest BCUT2D eigenvalue weighted by Gasteiger charge is 2.07. The first-order chi connectivity index (χ1) is 5.16. The molecule has 0 unspecified atom stereocenters. The first kappa shape index (κ1) is 8.33. The highest BCUT2D eigenvalue weighted by Crippen LogP contribution is 2.29. The molecule has 4 heteroatoms. The van der Waals surface area contributed by atoms with Crippen LogP contribution in [0.1, 0.15) is 0 Å². The molecular weight excluding hydrogens is 213 g/mol. The monoisotopic (exact) mass is 219 g/mol. The maximum Gasteiger partial charge on any atom is 0.164 e. The van der Waals surface area contributed by atoms with Crippen molar-refractivity contribution in [1.29, 1.82) is 0 Å². The molecule has 1 rings (SSSR count). The summed E-state index contributed by atoms with van der Waals surface area (Å²) >= 11 is 3.00. The number of hydrogen-bond donors (Lipinski definition) is 1. The van der Waals surface area contributed by atoms with Crippen LogP contribution in [0.3, 0.4) is 0 Å². The molecule has 0 saturated heterocycles. The molecule has 0 fully saturated rings. The summed E-state index contributed by atoms with van der Waals surface area (Å²) in [6.07, 6.45) is 0. The molecule has 1 aromatic rings. The molecule has 2 nitrogen and oxygen atoms in total. The normalized spacial score (nSPS) is 9.73. The maximum absolute atomic E-state index is 12.9. The Bertz CT molecular complexity index is 277. The van der Waals surface area contributed by atoms with Gasteiger partial charge in [-0.1, -0.05) is 0 Å². The first-order valence-corrected chi connectivity index (χ1v) is 3.73. The predicted molar refractivity (Wildman–Crippen MR) is 45.1 cm³/mol. The van der Waals surface area contributed by atoms with E-state index in [1.807, 2.05) is 0 Å². The summed E-state index contributed by atoms with van der Waals surface area (Å²) in [6, 6.07) is 3.15. The zero-order valence-electron chi connectivity index (χ0n) is 5.90. The van der Waals surface area contributed by atoms with E-state index in [0.29, 0.717) is 10.2 Å². The van der Waals surface area contributed by atoms with Crippen molar-refractivity contribution in [2.45, 2.75) is 0 Å². The van der Waals surface area contributed by atoms with Gasteiger partial charge in [-0.15, -0.1) is 0 Å². The molecule has 0 atom stereocenters. The Labute approximate surface area is 72.3 Å². The van der Waals surface area contributed by atoms with Crippen LogP contribution in [0.25, 0.3) is 0 Å². The van der Waals surface area contributed by atoms with Gasteiger partial charge in [-0.05, 0) is 28.1 Å². The standard InChI is InChI=1S/C7H7BrFNO/c1-11-5-3-2-4(8)6(9)7(5)10/h2-3H,10H2,1H3. The lowest BCUT2D eigenvalue weighted by atomic mass is 10.3. The van der Waals surface area contributed by atoms with E-state index in [0.717, 1.165) is 0 Å². The average Bonchev–Trinajstić information content (AvgIpc) is 2.01. The van der Waals surface area contributed by atoms with Crippen molar-refractivity contribution in [1.82, 2.24) is 0 Å². The van der Waals surface area contributed by atoms with Crippen LogP contribution in [0.5, 0.6) is 5.75 Å². The van der Waals surface area contributed by atoms with Gasteiger partial charge in [0.15, 0.2) is 5.82 Å². The van der Waals surface area contributed by atoms with E-state index in [1.54, 1.807) is 12.1 Å². The third-order valence-electron chi connectivity index (χ3n) is 1.31. The summed E-state index contributed by atoms with van der Waals surface area (Å²) in [5, 5.41) is 0. The molecule has 11 heavy (non-hydrogen) atoms. The highest BCUT2D eigenvalue weighted by atomic mass is 79.9. The molecule has 2 N–H and O–H groups in total. The Morgan fingerprint density at radius 3 is 2.73 bits per heavy atom. The first-order valence-electron chi connectivity index (χ1n) is 2.94. The van der Waals surface area contributed by atoms with Gasteiger partial charge in [0.2, 0.25) is 0 Å². The van der Waals surface area contributed by atoms with Gasteiger partial charge < -0.3 is 10.5 Å². The van der Waals surface area contributed by atoms with Gasteiger partial charge in [-0.3, -0.25) is 0 Å². The van der Waals surface area contributed by atoms with Crippen LogP contribution in [0.2, 0.25) is 0 Å². The Morgan fingerprint density at radius 2 is 2.18 bits per heavy atom. The molecule has 0 amide bonds. The number of hydrogen-bond acceptors (Lipinski definition) is 2. The van der Waals surface area contributed by atoms with Gasteiger partial charge in [0.05, 0.1) is 11.6 Å². The molecule has 0 aliphatic heterocycles. The number of halogens is 2. The molecule has 0 aromatic heterocycles. The number of benzene rings is 1. The Morgan fingerprint density at radius 1 is 1.55 bits per heavy atom. The lowest BCUT2D eigenvalue weighted by molar-refractivity contribution is 0.414. The van der Waals surface area contributed by atoms with Gasteiger partial charge in [0, 0.05) is 0 Å². The largest absolute Gasteiger partial charge is 0.494 e. The molecule has 0 saturated carbocycles. The van der Waals surface area contributed by atoms with E-state index in [-0.39, 0.29) is 5.69 Å². The minimum atomic E-state index is -0.482. The molecule has 0 aliphatic carbocycles. The number of anilines is 1. The van der Waals surface area contributed by atoms with Crippen molar-refractivity contribution in [3.05, 3.63) is 22.4 Å². The molecule has 0 radical (unpaired) electrons. The summed E-state index contributed by atoms with van der Waals surface area (Å²) in [5.74, 6) is -0.130. The fraction of sp³-hybridized carbons (Fsp3) is 0.143. The average molecular weight is 220 g/mol. The molecule has 0 heterocycles. The Hall–Kier alpha value is -0.770. The van der Waals surface area contributed by atoms with E-state index < -0.39 is 5.82 Å². The van der Waals surface area contributed by atoms with Crippen LogP contribution >= 0.6 is 15.9 Å². The van der Waals surface area contributed by atoms with Gasteiger partial charge in [0.25, 0.3) is 0 Å². The number of rotatable bonds is 1. The summed E-state index contributed by atoms with van der Waals surface area (Å²) in [5.41, 5.74) is 5.39. The Balaban J connectivity index is 3.25. The molecule has 60 valence electrons. The van der Waals surface area contributed by atoms with Crippen molar-refractivity contribution in [3.63, 3.8) is 0 Å². The zero-order valence-corrected chi connectivity index (χ0v) is 7.48. The highest BCUT2D eigenvalue weighted by molar-refractivity contribution is 9.10. The van der Waals surface area contributed by atoms with Gasteiger partial charge in [-0.2, -0.15) is 0 Å². The number of ether oxygens (including phenoxy) is 1. The van der Waals surface area contributed by atoms with Gasteiger partial charge in [0.1, 0.15) is 11.4 Å². The van der Waals surface area contributed by atoms with Crippen LogP contribution in [-0.4, -0.2) is 7.11 Å². The third-order valence-corrected chi connectivity index (χ3v) is 1.93. The maximum atomic E-state index is 12.9. The number of nitrogens with two attached hydrogens (primary N) is 1. The van der Waals surface area contributed by atoms with Crippen LogP contribution in [-0.2, 0) is 0 Å². The zero-order chi connectivity index (χ0) is 8.43. The van der Waals surface area contributed by atoms with Gasteiger partial charge >= 0.3 is 0 Å². The molecule has 0 spiro atoms. The second-order valence-electron chi connectivity index (χ2n) is 1.98. The third kappa shape index (κ3) is 1.45. The molecular formula is C7H7BrFNO. The van der Waals surface area contributed by atoms with E-state index in [2.05, 4.69) is 15.9 Å². The van der Waals surface area contributed by atoms with Crippen molar-refractivity contribution in [2.24, 2.45) is 0 Å². The van der Waals surface area contributed by atoms with Crippen LogP contribution < -0.4 is 10.5 Å². The summed E-state index contributed by atoms with van der Waals surface area (Å²) in [4.78, 5) is 0. The summed E-state index contributed by atoms with van der Waals surface area (Å²) in [6.45, 7) is 0. The summed E-state index contributed by atoms with van der Waals surface area (Å²) in [7, 11) is 1.44.